The Morgan fingerprint density at radius 2 is 2.13 bits per heavy atom. The van der Waals surface area contributed by atoms with Gasteiger partial charge < -0.3 is 25.0 Å². The molecule has 0 aliphatic carbocycles. The standard InChI is InChI=1S/C22H24ClN5O2S/c23-15-8-24-16-1-2-20(29)28-11-13(21(15)22(16)28)10-27-5-3-14(4-6-27)26-19-7-18-17(9-25-19)30-12-31-18/h1-2,7-9,13-14,20,29H,3-6,10-12H2,(H,25,26). The number of rotatable bonds is 4. The molecule has 4 aliphatic heterocycles. The van der Waals surface area contributed by atoms with E-state index >= 15 is 0 Å². The van der Waals surface area contributed by atoms with Crippen molar-refractivity contribution in [3.63, 3.8) is 0 Å². The highest BCUT2D eigenvalue weighted by Gasteiger charge is 2.38. The monoisotopic (exact) mass is 457 g/mol. The molecule has 0 spiro atoms. The minimum atomic E-state index is -0.602. The zero-order valence-corrected chi connectivity index (χ0v) is 18.6. The van der Waals surface area contributed by atoms with Gasteiger partial charge in [-0.1, -0.05) is 23.4 Å². The van der Waals surface area contributed by atoms with Gasteiger partial charge in [0, 0.05) is 49.9 Å². The Hall–Kier alpha value is -2.00. The van der Waals surface area contributed by atoms with Crippen LogP contribution in [0.2, 0.25) is 5.02 Å². The summed E-state index contributed by atoms with van der Waals surface area (Å²) in [5.74, 6) is 2.77. The molecule has 7 nitrogen and oxygen atoms in total. The summed E-state index contributed by atoms with van der Waals surface area (Å²) in [6, 6.07) is 2.52. The zero-order valence-electron chi connectivity index (χ0n) is 17.0. The number of hydrogen-bond acceptors (Lipinski definition) is 8. The number of hydrogen-bond donors (Lipinski definition) is 2. The van der Waals surface area contributed by atoms with Gasteiger partial charge in [-0.2, -0.15) is 0 Å². The van der Waals surface area contributed by atoms with E-state index in [0.717, 1.165) is 67.5 Å². The van der Waals surface area contributed by atoms with Crippen molar-refractivity contribution in [2.75, 3.05) is 42.3 Å². The minimum absolute atomic E-state index is 0.277. The Bertz CT molecular complexity index is 1040. The summed E-state index contributed by atoms with van der Waals surface area (Å²) in [6.07, 6.45) is 8.81. The first kappa shape index (κ1) is 19.7. The van der Waals surface area contributed by atoms with Crippen molar-refractivity contribution in [2.24, 2.45) is 0 Å². The number of aliphatic hydroxyl groups excluding tert-OH is 1. The Morgan fingerprint density at radius 3 is 3.00 bits per heavy atom. The van der Waals surface area contributed by atoms with Crippen LogP contribution in [0.25, 0.3) is 6.08 Å². The van der Waals surface area contributed by atoms with Crippen LogP contribution >= 0.6 is 23.4 Å². The van der Waals surface area contributed by atoms with E-state index in [9.17, 15) is 5.11 Å². The van der Waals surface area contributed by atoms with Crippen LogP contribution < -0.4 is 15.0 Å². The van der Waals surface area contributed by atoms with Crippen molar-refractivity contribution in [1.82, 2.24) is 14.9 Å². The second-order valence-electron chi connectivity index (χ2n) is 8.52. The van der Waals surface area contributed by atoms with Crippen molar-refractivity contribution in [2.45, 2.75) is 35.9 Å². The molecule has 0 radical (unpaired) electrons. The van der Waals surface area contributed by atoms with Crippen molar-refractivity contribution in [3.8, 4) is 5.75 Å². The number of pyridine rings is 2. The fourth-order valence-electron chi connectivity index (χ4n) is 5.07. The Morgan fingerprint density at radius 1 is 1.26 bits per heavy atom. The number of fused-ring (bicyclic) bond motifs is 1. The van der Waals surface area contributed by atoms with E-state index in [0.29, 0.717) is 17.0 Å². The number of aliphatic hydroxyl groups is 1. The van der Waals surface area contributed by atoms with E-state index in [1.165, 1.54) is 4.90 Å². The molecule has 1 fully saturated rings. The van der Waals surface area contributed by atoms with Crippen LogP contribution in [0.1, 0.15) is 30.0 Å². The second kappa shape index (κ2) is 7.85. The molecule has 9 heteroatoms. The highest BCUT2D eigenvalue weighted by atomic mass is 35.5. The smallest absolute Gasteiger partial charge is 0.152 e. The van der Waals surface area contributed by atoms with Crippen LogP contribution in [-0.2, 0) is 0 Å². The summed E-state index contributed by atoms with van der Waals surface area (Å²) in [6.45, 7) is 3.78. The number of likely N-dealkylation sites (tertiary alicyclic amines) is 1. The third kappa shape index (κ3) is 3.55. The Kier molecular flexibility index (Phi) is 4.98. The van der Waals surface area contributed by atoms with Gasteiger partial charge >= 0.3 is 0 Å². The van der Waals surface area contributed by atoms with E-state index in [-0.39, 0.29) is 5.92 Å². The molecule has 2 aromatic rings. The molecule has 31 heavy (non-hydrogen) atoms. The van der Waals surface area contributed by atoms with E-state index < -0.39 is 6.23 Å². The zero-order chi connectivity index (χ0) is 20.9. The van der Waals surface area contributed by atoms with Crippen LogP contribution in [0, 0.1) is 0 Å². The van der Waals surface area contributed by atoms with Gasteiger partial charge in [0.25, 0.3) is 0 Å². The summed E-state index contributed by atoms with van der Waals surface area (Å²) in [7, 11) is 0. The lowest BCUT2D eigenvalue weighted by atomic mass is 9.98. The van der Waals surface area contributed by atoms with Gasteiger partial charge in [0.2, 0.25) is 0 Å². The molecule has 0 amide bonds. The van der Waals surface area contributed by atoms with Gasteiger partial charge in [0.05, 0.1) is 27.5 Å². The van der Waals surface area contributed by atoms with Gasteiger partial charge in [-0.15, -0.1) is 0 Å². The summed E-state index contributed by atoms with van der Waals surface area (Å²) in [5, 5.41) is 14.7. The fourth-order valence-corrected chi connectivity index (χ4v) is 6.13. The molecule has 2 N–H and O–H groups in total. The van der Waals surface area contributed by atoms with Crippen LogP contribution in [-0.4, -0.2) is 64.4 Å². The molecule has 4 aliphatic rings. The predicted molar refractivity (Wildman–Crippen MR) is 123 cm³/mol. The third-order valence-electron chi connectivity index (χ3n) is 6.61. The first-order chi connectivity index (χ1) is 15.2. The molecule has 162 valence electrons. The summed E-state index contributed by atoms with van der Waals surface area (Å²) in [5.41, 5.74) is 3.05. The molecular weight excluding hydrogens is 434 g/mol. The number of nitrogens with zero attached hydrogens (tertiary/aromatic N) is 4. The minimum Gasteiger partial charge on any atom is -0.480 e. The van der Waals surface area contributed by atoms with Gasteiger partial charge in [0.1, 0.15) is 18.0 Å². The van der Waals surface area contributed by atoms with E-state index in [1.54, 1.807) is 24.0 Å². The first-order valence-corrected chi connectivity index (χ1v) is 12.1. The first-order valence-electron chi connectivity index (χ1n) is 10.7. The van der Waals surface area contributed by atoms with Gasteiger partial charge in [-0.25, -0.2) is 4.98 Å². The van der Waals surface area contributed by atoms with Crippen molar-refractivity contribution in [1.29, 1.82) is 0 Å². The molecule has 0 bridgehead atoms. The van der Waals surface area contributed by atoms with Gasteiger partial charge in [-0.05, 0) is 31.1 Å². The number of halogens is 1. The quantitative estimate of drug-likeness (QED) is 0.723. The number of thioether (sulfide) groups is 1. The Labute approximate surface area is 190 Å². The maximum Gasteiger partial charge on any atom is 0.152 e. The maximum atomic E-state index is 10.4. The van der Waals surface area contributed by atoms with Crippen LogP contribution in [0.5, 0.6) is 5.75 Å². The van der Waals surface area contributed by atoms with Gasteiger partial charge in [0.15, 0.2) is 5.75 Å². The largest absolute Gasteiger partial charge is 0.480 e. The molecule has 0 aromatic carbocycles. The summed E-state index contributed by atoms with van der Waals surface area (Å²) < 4.78 is 5.52. The predicted octanol–water partition coefficient (Wildman–Crippen LogP) is 3.40. The summed E-state index contributed by atoms with van der Waals surface area (Å²) >= 11 is 8.27. The third-order valence-corrected chi connectivity index (χ3v) is 7.78. The van der Waals surface area contributed by atoms with Crippen LogP contribution in [0.4, 0.5) is 11.5 Å². The molecule has 0 saturated carbocycles. The average molecular weight is 458 g/mol. The molecule has 6 heterocycles. The molecule has 1 saturated heterocycles. The lowest BCUT2D eigenvalue weighted by Gasteiger charge is -2.34. The molecule has 6 rings (SSSR count). The highest BCUT2D eigenvalue weighted by molar-refractivity contribution is 7.99. The average Bonchev–Trinajstić information content (AvgIpc) is 3.40. The Balaban J connectivity index is 1.10. The number of nitrogens with one attached hydrogen (secondary N) is 1. The van der Waals surface area contributed by atoms with E-state index in [4.69, 9.17) is 16.3 Å². The number of anilines is 2. The SMILES string of the molecule is OC1C=Cc2ncc(Cl)c3c2N1CC3CN1CCC(Nc2cc3c(cn2)OCS3)CC1. The molecule has 2 atom stereocenters. The topological polar surface area (TPSA) is 73.8 Å². The molecule has 2 unspecified atom stereocenters. The summed E-state index contributed by atoms with van der Waals surface area (Å²) in [4.78, 5) is 14.7. The maximum absolute atomic E-state index is 10.4. The van der Waals surface area contributed by atoms with Gasteiger partial charge in [-0.3, -0.25) is 4.98 Å². The van der Waals surface area contributed by atoms with E-state index in [2.05, 4.69) is 26.3 Å². The molecular formula is C22H24ClN5O2S. The number of aromatic nitrogens is 2. The molecule has 2 aromatic heterocycles. The van der Waals surface area contributed by atoms with Crippen molar-refractivity contribution in [3.05, 3.63) is 40.8 Å². The number of ether oxygens (including phenoxy) is 1. The van der Waals surface area contributed by atoms with Crippen molar-refractivity contribution >= 4 is 40.9 Å². The van der Waals surface area contributed by atoms with Crippen LogP contribution in [0.15, 0.2) is 29.4 Å². The van der Waals surface area contributed by atoms with Crippen molar-refractivity contribution < 1.29 is 9.84 Å². The fraction of sp³-hybridized carbons (Fsp3) is 0.455. The van der Waals surface area contributed by atoms with Crippen LogP contribution in [0.3, 0.4) is 0 Å². The van der Waals surface area contributed by atoms with E-state index in [1.807, 2.05) is 17.2 Å². The highest BCUT2D eigenvalue weighted by Crippen LogP contribution is 2.45. The second-order valence-corrected chi connectivity index (χ2v) is 9.89. The number of piperidine rings is 1. The normalized spacial score (nSPS) is 24.8. The lowest BCUT2D eigenvalue weighted by Crippen LogP contribution is -2.42. The lowest BCUT2D eigenvalue weighted by molar-refractivity contribution is 0.197.